The lowest BCUT2D eigenvalue weighted by atomic mass is 9.87. The SMILES string of the molecule is Cc1cccc2c(=O)[nH]c(CSCC3CCC3)nc12. The second kappa shape index (κ2) is 5.37. The minimum absolute atomic E-state index is 0.0204. The third-order valence-electron chi connectivity index (χ3n) is 3.80. The van der Waals surface area contributed by atoms with E-state index in [0.29, 0.717) is 5.39 Å². The highest BCUT2D eigenvalue weighted by Crippen LogP contribution is 2.30. The second-order valence-electron chi connectivity index (χ2n) is 5.30. The van der Waals surface area contributed by atoms with Gasteiger partial charge in [0.25, 0.3) is 5.56 Å². The molecule has 1 N–H and O–H groups in total. The maximum atomic E-state index is 12.0. The zero-order valence-corrected chi connectivity index (χ0v) is 11.9. The minimum atomic E-state index is -0.0204. The Hall–Kier alpha value is -1.29. The van der Waals surface area contributed by atoms with E-state index in [4.69, 9.17) is 0 Å². The third-order valence-corrected chi connectivity index (χ3v) is 4.99. The molecule has 100 valence electrons. The molecule has 3 rings (SSSR count). The van der Waals surface area contributed by atoms with Crippen molar-refractivity contribution in [1.82, 2.24) is 9.97 Å². The maximum absolute atomic E-state index is 12.0. The predicted octanol–water partition coefficient (Wildman–Crippen LogP) is 3.26. The number of benzene rings is 1. The van der Waals surface area contributed by atoms with Crippen LogP contribution >= 0.6 is 11.8 Å². The summed E-state index contributed by atoms with van der Waals surface area (Å²) in [4.78, 5) is 19.5. The standard InChI is InChI=1S/C15H18N2OS/c1-10-4-2-7-12-14(10)16-13(17-15(12)18)9-19-8-11-5-3-6-11/h2,4,7,11H,3,5-6,8-9H2,1H3,(H,16,17,18). The molecule has 4 heteroatoms. The number of aromatic nitrogens is 2. The molecule has 1 aliphatic carbocycles. The normalized spacial score (nSPS) is 15.6. The monoisotopic (exact) mass is 274 g/mol. The van der Waals surface area contributed by atoms with Crippen molar-refractivity contribution < 1.29 is 0 Å². The van der Waals surface area contributed by atoms with Crippen LogP contribution in [0.4, 0.5) is 0 Å². The number of rotatable bonds is 4. The van der Waals surface area contributed by atoms with Crippen molar-refractivity contribution in [2.24, 2.45) is 5.92 Å². The van der Waals surface area contributed by atoms with E-state index in [0.717, 1.165) is 28.6 Å². The summed E-state index contributed by atoms with van der Waals surface area (Å²) >= 11 is 1.88. The van der Waals surface area contributed by atoms with Crippen LogP contribution in [-0.4, -0.2) is 15.7 Å². The van der Waals surface area contributed by atoms with Gasteiger partial charge in [0.15, 0.2) is 0 Å². The Labute approximate surface area is 116 Å². The van der Waals surface area contributed by atoms with Gasteiger partial charge in [-0.1, -0.05) is 18.6 Å². The first-order valence-corrected chi connectivity index (χ1v) is 7.96. The molecule has 0 amide bonds. The number of thioether (sulfide) groups is 1. The van der Waals surface area contributed by atoms with Crippen molar-refractivity contribution >= 4 is 22.7 Å². The van der Waals surface area contributed by atoms with Gasteiger partial charge in [-0.05, 0) is 43.1 Å². The third kappa shape index (κ3) is 2.68. The van der Waals surface area contributed by atoms with E-state index in [2.05, 4.69) is 9.97 Å². The second-order valence-corrected chi connectivity index (χ2v) is 6.33. The molecule has 0 saturated heterocycles. The molecule has 2 aromatic rings. The zero-order chi connectivity index (χ0) is 13.2. The molecule has 1 aliphatic rings. The highest BCUT2D eigenvalue weighted by molar-refractivity contribution is 7.98. The Morgan fingerprint density at radius 3 is 3.00 bits per heavy atom. The van der Waals surface area contributed by atoms with Crippen LogP contribution in [-0.2, 0) is 5.75 Å². The van der Waals surface area contributed by atoms with Gasteiger partial charge in [0.1, 0.15) is 5.82 Å². The number of aryl methyl sites for hydroxylation is 1. The van der Waals surface area contributed by atoms with Gasteiger partial charge in [0.05, 0.1) is 16.7 Å². The first-order chi connectivity index (χ1) is 9.24. The van der Waals surface area contributed by atoms with Gasteiger partial charge in [-0.2, -0.15) is 11.8 Å². The van der Waals surface area contributed by atoms with E-state index in [-0.39, 0.29) is 5.56 Å². The predicted molar refractivity (Wildman–Crippen MR) is 80.6 cm³/mol. The van der Waals surface area contributed by atoms with E-state index >= 15 is 0 Å². The van der Waals surface area contributed by atoms with Crippen molar-refractivity contribution in [3.05, 3.63) is 39.9 Å². The van der Waals surface area contributed by atoms with E-state index in [1.807, 2.05) is 36.9 Å². The summed E-state index contributed by atoms with van der Waals surface area (Å²) in [5.41, 5.74) is 1.88. The van der Waals surface area contributed by atoms with Gasteiger partial charge in [-0.15, -0.1) is 0 Å². The van der Waals surface area contributed by atoms with Crippen LogP contribution in [0.1, 0.15) is 30.7 Å². The van der Waals surface area contributed by atoms with Crippen molar-refractivity contribution in [3.8, 4) is 0 Å². The lowest BCUT2D eigenvalue weighted by Gasteiger charge is -2.24. The topological polar surface area (TPSA) is 45.8 Å². The van der Waals surface area contributed by atoms with Gasteiger partial charge in [-0.3, -0.25) is 4.79 Å². The molecule has 3 nitrogen and oxygen atoms in total. The van der Waals surface area contributed by atoms with Crippen LogP contribution in [0.5, 0.6) is 0 Å². The molecule has 0 radical (unpaired) electrons. The number of nitrogens with zero attached hydrogens (tertiary/aromatic N) is 1. The fourth-order valence-electron chi connectivity index (χ4n) is 2.40. The summed E-state index contributed by atoms with van der Waals surface area (Å²) in [6, 6.07) is 5.74. The fraction of sp³-hybridized carbons (Fsp3) is 0.467. The van der Waals surface area contributed by atoms with E-state index in [9.17, 15) is 4.79 Å². The lowest BCUT2D eigenvalue weighted by molar-refractivity contribution is 0.353. The molecule has 1 heterocycles. The summed E-state index contributed by atoms with van der Waals surface area (Å²) in [7, 11) is 0. The van der Waals surface area contributed by atoms with Crippen LogP contribution in [0.3, 0.4) is 0 Å². The Kier molecular flexibility index (Phi) is 3.60. The molecule has 1 aromatic carbocycles. The molecular formula is C15H18N2OS. The molecule has 1 fully saturated rings. The molecule has 0 aliphatic heterocycles. The Morgan fingerprint density at radius 2 is 2.26 bits per heavy atom. The average Bonchev–Trinajstić information content (AvgIpc) is 2.34. The molecule has 0 atom stereocenters. The first kappa shape index (κ1) is 12.7. The molecule has 0 spiro atoms. The van der Waals surface area contributed by atoms with Crippen molar-refractivity contribution in [3.63, 3.8) is 0 Å². The quantitative estimate of drug-likeness (QED) is 0.930. The smallest absolute Gasteiger partial charge is 0.258 e. The van der Waals surface area contributed by atoms with Crippen LogP contribution in [0.25, 0.3) is 10.9 Å². The lowest BCUT2D eigenvalue weighted by Crippen LogP contribution is -2.15. The van der Waals surface area contributed by atoms with Crippen molar-refractivity contribution in [2.45, 2.75) is 31.9 Å². The molecule has 1 aromatic heterocycles. The van der Waals surface area contributed by atoms with Crippen molar-refractivity contribution in [2.75, 3.05) is 5.75 Å². The highest BCUT2D eigenvalue weighted by atomic mass is 32.2. The minimum Gasteiger partial charge on any atom is -0.309 e. The maximum Gasteiger partial charge on any atom is 0.258 e. The van der Waals surface area contributed by atoms with E-state index in [1.54, 1.807) is 0 Å². The zero-order valence-electron chi connectivity index (χ0n) is 11.1. The number of nitrogens with one attached hydrogen (secondary N) is 1. The van der Waals surface area contributed by atoms with Gasteiger partial charge in [0, 0.05) is 0 Å². The van der Waals surface area contributed by atoms with Crippen molar-refractivity contribution in [1.29, 1.82) is 0 Å². The van der Waals surface area contributed by atoms with Crippen LogP contribution < -0.4 is 5.56 Å². The van der Waals surface area contributed by atoms with Gasteiger partial charge in [0.2, 0.25) is 0 Å². The highest BCUT2D eigenvalue weighted by Gasteiger charge is 2.17. The Bertz CT molecular complexity index is 646. The van der Waals surface area contributed by atoms with Crippen LogP contribution in [0, 0.1) is 12.8 Å². The summed E-state index contributed by atoms with van der Waals surface area (Å²) in [6.07, 6.45) is 4.12. The van der Waals surface area contributed by atoms with Gasteiger partial charge < -0.3 is 4.98 Å². The summed E-state index contributed by atoms with van der Waals surface area (Å²) in [5.74, 6) is 3.68. The first-order valence-electron chi connectivity index (χ1n) is 6.80. The summed E-state index contributed by atoms with van der Waals surface area (Å²) in [5, 5.41) is 0.688. The Balaban J connectivity index is 1.79. The van der Waals surface area contributed by atoms with Gasteiger partial charge >= 0.3 is 0 Å². The number of hydrogen-bond donors (Lipinski definition) is 1. The van der Waals surface area contributed by atoms with E-state index < -0.39 is 0 Å². The number of hydrogen-bond acceptors (Lipinski definition) is 3. The molecule has 0 unspecified atom stereocenters. The molecular weight excluding hydrogens is 256 g/mol. The number of para-hydroxylation sites is 1. The Morgan fingerprint density at radius 1 is 1.42 bits per heavy atom. The number of aromatic amines is 1. The van der Waals surface area contributed by atoms with Crippen LogP contribution in [0.15, 0.2) is 23.0 Å². The summed E-state index contributed by atoms with van der Waals surface area (Å²) in [6.45, 7) is 2.00. The van der Waals surface area contributed by atoms with Gasteiger partial charge in [-0.25, -0.2) is 4.98 Å². The fourth-order valence-corrected chi connectivity index (χ4v) is 3.52. The van der Waals surface area contributed by atoms with E-state index in [1.165, 1.54) is 25.0 Å². The number of fused-ring (bicyclic) bond motifs is 1. The largest absolute Gasteiger partial charge is 0.309 e. The average molecular weight is 274 g/mol. The molecule has 19 heavy (non-hydrogen) atoms. The van der Waals surface area contributed by atoms with Crippen LogP contribution in [0.2, 0.25) is 0 Å². The molecule has 1 saturated carbocycles. The number of H-pyrrole nitrogens is 1. The summed E-state index contributed by atoms with van der Waals surface area (Å²) < 4.78 is 0. The molecule has 0 bridgehead atoms.